The SMILES string of the molecule is O=C1C(Nc2ccccc2)=C(c2ccccc2)C(=O)N1CCCN1CCOCC1. The zero-order valence-corrected chi connectivity index (χ0v) is 16.3. The average Bonchev–Trinajstić information content (AvgIpc) is 3.00. The van der Waals surface area contributed by atoms with Gasteiger partial charge in [-0.15, -0.1) is 0 Å². The van der Waals surface area contributed by atoms with Gasteiger partial charge in [0.1, 0.15) is 5.70 Å². The zero-order valence-electron chi connectivity index (χ0n) is 16.3. The number of carbonyl (C=O) groups is 2. The van der Waals surface area contributed by atoms with E-state index < -0.39 is 0 Å². The Hall–Kier alpha value is -2.96. The molecule has 6 nitrogen and oxygen atoms in total. The highest BCUT2D eigenvalue weighted by molar-refractivity contribution is 6.36. The highest BCUT2D eigenvalue weighted by Crippen LogP contribution is 2.30. The van der Waals surface area contributed by atoms with Gasteiger partial charge < -0.3 is 10.1 Å². The van der Waals surface area contributed by atoms with E-state index in [2.05, 4.69) is 10.2 Å². The lowest BCUT2D eigenvalue weighted by atomic mass is 10.0. The molecule has 1 N–H and O–H groups in total. The van der Waals surface area contributed by atoms with E-state index in [1.807, 2.05) is 60.7 Å². The fraction of sp³-hybridized carbons (Fsp3) is 0.304. The molecule has 2 heterocycles. The number of nitrogens with one attached hydrogen (secondary N) is 1. The van der Waals surface area contributed by atoms with E-state index in [4.69, 9.17) is 4.74 Å². The van der Waals surface area contributed by atoms with Gasteiger partial charge in [0, 0.05) is 31.9 Å². The number of hydrogen-bond donors (Lipinski definition) is 1. The molecule has 0 atom stereocenters. The summed E-state index contributed by atoms with van der Waals surface area (Å²) in [6.07, 6.45) is 0.748. The van der Waals surface area contributed by atoms with Crippen molar-refractivity contribution in [2.45, 2.75) is 6.42 Å². The first-order chi connectivity index (χ1) is 14.2. The van der Waals surface area contributed by atoms with Gasteiger partial charge >= 0.3 is 0 Å². The number of anilines is 1. The van der Waals surface area contributed by atoms with Crippen LogP contribution in [0.25, 0.3) is 5.57 Å². The van der Waals surface area contributed by atoms with Crippen molar-refractivity contribution < 1.29 is 14.3 Å². The molecule has 0 radical (unpaired) electrons. The fourth-order valence-electron chi connectivity index (χ4n) is 3.71. The molecule has 1 saturated heterocycles. The first kappa shape index (κ1) is 19.4. The van der Waals surface area contributed by atoms with Crippen LogP contribution in [0.15, 0.2) is 66.4 Å². The standard InChI is InChI=1S/C23H25N3O3/c27-22-20(18-8-3-1-4-9-18)21(24-19-10-5-2-6-11-19)23(28)26(22)13-7-12-25-14-16-29-17-15-25/h1-6,8-11,24H,7,12-17H2. The Kier molecular flexibility index (Phi) is 6.03. The van der Waals surface area contributed by atoms with Crippen LogP contribution in [-0.4, -0.2) is 61.0 Å². The molecule has 0 unspecified atom stereocenters. The summed E-state index contributed by atoms with van der Waals surface area (Å²) < 4.78 is 5.37. The van der Waals surface area contributed by atoms with Crippen LogP contribution in [0.4, 0.5) is 5.69 Å². The summed E-state index contributed by atoms with van der Waals surface area (Å²) >= 11 is 0. The van der Waals surface area contributed by atoms with Crippen molar-refractivity contribution >= 4 is 23.1 Å². The number of amides is 2. The third-order valence-corrected chi connectivity index (χ3v) is 5.23. The molecule has 2 aromatic carbocycles. The Balaban J connectivity index is 1.53. The molecule has 150 valence electrons. The van der Waals surface area contributed by atoms with E-state index in [9.17, 15) is 9.59 Å². The predicted molar refractivity (Wildman–Crippen MR) is 112 cm³/mol. The molecular weight excluding hydrogens is 366 g/mol. The number of imide groups is 1. The van der Waals surface area contributed by atoms with Gasteiger partial charge in [-0.3, -0.25) is 19.4 Å². The van der Waals surface area contributed by atoms with Crippen LogP contribution >= 0.6 is 0 Å². The molecule has 0 aliphatic carbocycles. The van der Waals surface area contributed by atoms with Crippen molar-refractivity contribution in [2.75, 3.05) is 44.7 Å². The number of rotatable bonds is 7. The second-order valence-electron chi connectivity index (χ2n) is 7.18. The molecule has 4 rings (SSSR count). The summed E-state index contributed by atoms with van der Waals surface area (Å²) in [4.78, 5) is 30.0. The Labute approximate surface area is 170 Å². The van der Waals surface area contributed by atoms with E-state index in [1.165, 1.54) is 4.90 Å². The Bertz CT molecular complexity index is 890. The van der Waals surface area contributed by atoms with Gasteiger partial charge in [0.05, 0.1) is 18.8 Å². The Morgan fingerprint density at radius 2 is 1.48 bits per heavy atom. The van der Waals surface area contributed by atoms with Crippen LogP contribution < -0.4 is 5.32 Å². The number of benzene rings is 2. The largest absolute Gasteiger partial charge is 0.379 e. The summed E-state index contributed by atoms with van der Waals surface area (Å²) in [6.45, 7) is 4.54. The van der Waals surface area contributed by atoms with Crippen LogP contribution in [0.1, 0.15) is 12.0 Å². The van der Waals surface area contributed by atoms with Crippen molar-refractivity contribution in [3.8, 4) is 0 Å². The summed E-state index contributed by atoms with van der Waals surface area (Å²) in [7, 11) is 0. The quantitative estimate of drug-likeness (QED) is 0.735. The monoisotopic (exact) mass is 391 g/mol. The minimum Gasteiger partial charge on any atom is -0.379 e. The topological polar surface area (TPSA) is 61.9 Å². The van der Waals surface area contributed by atoms with E-state index in [0.29, 0.717) is 17.8 Å². The smallest absolute Gasteiger partial charge is 0.278 e. The Morgan fingerprint density at radius 3 is 2.17 bits per heavy atom. The molecule has 2 amide bonds. The Morgan fingerprint density at radius 1 is 0.828 bits per heavy atom. The minimum atomic E-state index is -0.264. The highest BCUT2D eigenvalue weighted by Gasteiger charge is 2.38. The molecule has 2 aromatic rings. The van der Waals surface area contributed by atoms with Crippen LogP contribution in [0.3, 0.4) is 0 Å². The van der Waals surface area contributed by atoms with Crippen LogP contribution in [0, 0.1) is 0 Å². The van der Waals surface area contributed by atoms with Crippen molar-refractivity contribution in [2.24, 2.45) is 0 Å². The van der Waals surface area contributed by atoms with Gasteiger partial charge in [-0.05, 0) is 24.1 Å². The first-order valence-corrected chi connectivity index (χ1v) is 10.0. The second-order valence-corrected chi connectivity index (χ2v) is 7.18. The third kappa shape index (κ3) is 4.39. The fourth-order valence-corrected chi connectivity index (χ4v) is 3.71. The van der Waals surface area contributed by atoms with Gasteiger partial charge in [-0.25, -0.2) is 0 Å². The highest BCUT2D eigenvalue weighted by atomic mass is 16.5. The molecular formula is C23H25N3O3. The van der Waals surface area contributed by atoms with Gasteiger partial charge in [0.15, 0.2) is 0 Å². The van der Waals surface area contributed by atoms with Crippen LogP contribution in [-0.2, 0) is 14.3 Å². The van der Waals surface area contributed by atoms with Crippen LogP contribution in [0.2, 0.25) is 0 Å². The lowest BCUT2D eigenvalue weighted by molar-refractivity contribution is -0.136. The lowest BCUT2D eigenvalue weighted by Crippen LogP contribution is -2.39. The summed E-state index contributed by atoms with van der Waals surface area (Å²) in [5.41, 5.74) is 2.32. The summed E-state index contributed by atoms with van der Waals surface area (Å²) in [6, 6.07) is 18.9. The third-order valence-electron chi connectivity index (χ3n) is 5.23. The maximum Gasteiger partial charge on any atom is 0.278 e. The van der Waals surface area contributed by atoms with Crippen molar-refractivity contribution in [3.63, 3.8) is 0 Å². The van der Waals surface area contributed by atoms with E-state index in [1.54, 1.807) is 0 Å². The average molecular weight is 391 g/mol. The van der Waals surface area contributed by atoms with Gasteiger partial charge in [-0.1, -0.05) is 48.5 Å². The predicted octanol–water partition coefficient (Wildman–Crippen LogP) is 2.60. The molecule has 1 fully saturated rings. The summed E-state index contributed by atoms with van der Waals surface area (Å²) in [5, 5.41) is 3.18. The van der Waals surface area contributed by atoms with E-state index >= 15 is 0 Å². The molecule has 2 aliphatic rings. The molecule has 0 saturated carbocycles. The van der Waals surface area contributed by atoms with Gasteiger partial charge in [0.25, 0.3) is 11.8 Å². The van der Waals surface area contributed by atoms with Crippen molar-refractivity contribution in [1.82, 2.24) is 9.80 Å². The number of hydrogen-bond acceptors (Lipinski definition) is 5. The minimum absolute atomic E-state index is 0.235. The summed E-state index contributed by atoms with van der Waals surface area (Å²) in [5.74, 6) is -0.499. The van der Waals surface area contributed by atoms with E-state index in [-0.39, 0.29) is 11.8 Å². The zero-order chi connectivity index (χ0) is 20.1. The molecule has 2 aliphatic heterocycles. The molecule has 0 bridgehead atoms. The number of nitrogens with zero attached hydrogens (tertiary/aromatic N) is 2. The number of ether oxygens (including phenoxy) is 1. The normalized spacial score (nSPS) is 17.9. The van der Waals surface area contributed by atoms with Crippen molar-refractivity contribution in [1.29, 1.82) is 0 Å². The maximum atomic E-state index is 13.2. The molecule has 0 aromatic heterocycles. The number of para-hydroxylation sites is 1. The van der Waals surface area contributed by atoms with Gasteiger partial charge in [0.2, 0.25) is 0 Å². The van der Waals surface area contributed by atoms with Crippen molar-refractivity contribution in [3.05, 3.63) is 71.9 Å². The maximum absolute atomic E-state index is 13.2. The van der Waals surface area contributed by atoms with Crippen LogP contribution in [0.5, 0.6) is 0 Å². The van der Waals surface area contributed by atoms with Gasteiger partial charge in [-0.2, -0.15) is 0 Å². The number of morpholine rings is 1. The van der Waals surface area contributed by atoms with E-state index in [0.717, 1.165) is 50.5 Å². The molecule has 6 heteroatoms. The molecule has 29 heavy (non-hydrogen) atoms. The lowest BCUT2D eigenvalue weighted by Gasteiger charge is -2.27. The molecule has 0 spiro atoms. The second kappa shape index (κ2) is 9.03. The first-order valence-electron chi connectivity index (χ1n) is 10.0. The number of carbonyl (C=O) groups excluding carboxylic acids is 2.